The number of allylic oxidation sites excluding steroid dienone is 4. The highest BCUT2D eigenvalue weighted by atomic mass is 16.1. The van der Waals surface area contributed by atoms with Gasteiger partial charge < -0.3 is 0 Å². The Bertz CT molecular complexity index is 855. The van der Waals surface area contributed by atoms with Crippen LogP contribution in [-0.2, 0) is 0 Å². The maximum atomic E-state index is 12.9. The van der Waals surface area contributed by atoms with Crippen molar-refractivity contribution < 1.29 is 9.59 Å². The summed E-state index contributed by atoms with van der Waals surface area (Å²) in [6.07, 6.45) is 14.4. The van der Waals surface area contributed by atoms with Gasteiger partial charge in [-0.3, -0.25) is 9.59 Å². The molecule has 0 heterocycles. The van der Waals surface area contributed by atoms with E-state index >= 15 is 0 Å². The molecule has 182 valence electrons. The van der Waals surface area contributed by atoms with Crippen LogP contribution < -0.4 is 0 Å². The normalized spacial score (nSPS) is 16.4. The van der Waals surface area contributed by atoms with Crippen LogP contribution in [0.4, 0.5) is 0 Å². The van der Waals surface area contributed by atoms with Crippen molar-refractivity contribution in [3.8, 4) is 0 Å². The van der Waals surface area contributed by atoms with E-state index in [1.165, 1.54) is 56.9 Å². The molecule has 1 aliphatic carbocycles. The first kappa shape index (κ1) is 27.3. The first-order chi connectivity index (χ1) is 15.7. The highest BCUT2D eigenvalue weighted by molar-refractivity contribution is 6.26. The number of carbonyl (C=O) groups is 2. The monoisotopic (exact) mass is 451 g/mol. The van der Waals surface area contributed by atoms with Crippen LogP contribution in [0.1, 0.15) is 126 Å². The van der Waals surface area contributed by atoms with Crippen LogP contribution in [0.5, 0.6) is 0 Å². The minimum atomic E-state index is -0.00526. The van der Waals surface area contributed by atoms with Crippen LogP contribution in [-0.4, -0.2) is 11.6 Å². The Hall–Kier alpha value is -1.96. The molecule has 1 aromatic rings. The molecule has 0 amide bonds. The third kappa shape index (κ3) is 8.72. The Labute approximate surface area is 202 Å². The van der Waals surface area contributed by atoms with Crippen molar-refractivity contribution in [3.05, 3.63) is 58.2 Å². The van der Waals surface area contributed by atoms with E-state index in [4.69, 9.17) is 0 Å². The molecule has 1 aliphatic rings. The van der Waals surface area contributed by atoms with Gasteiger partial charge in [0, 0.05) is 22.3 Å². The van der Waals surface area contributed by atoms with E-state index in [2.05, 4.69) is 40.7 Å². The fourth-order valence-corrected chi connectivity index (χ4v) is 4.88. The SMILES string of the molecule is C/C(=C\CC1=C([13CH3])C(=O)c2ccccc2C1=O)CCC[C@H](C)CCC[C@H](C)CCCC(C)C. The minimum Gasteiger partial charge on any atom is -0.289 e. The number of rotatable bonds is 14. The van der Waals surface area contributed by atoms with Gasteiger partial charge in [0.05, 0.1) is 0 Å². The maximum Gasteiger partial charge on any atom is 0.190 e. The second-order valence-corrected chi connectivity index (χ2v) is 10.9. The lowest BCUT2D eigenvalue weighted by Crippen LogP contribution is -2.20. The fraction of sp³-hybridized carbons (Fsp3) is 0.613. The van der Waals surface area contributed by atoms with E-state index < -0.39 is 0 Å². The predicted molar refractivity (Wildman–Crippen MR) is 141 cm³/mol. The summed E-state index contributed by atoms with van der Waals surface area (Å²) in [7, 11) is 0. The second-order valence-electron chi connectivity index (χ2n) is 10.9. The van der Waals surface area contributed by atoms with E-state index in [0.717, 1.165) is 24.2 Å². The van der Waals surface area contributed by atoms with Gasteiger partial charge in [-0.1, -0.05) is 109 Å². The minimum absolute atomic E-state index is 0.00526. The molecule has 2 atom stereocenters. The molecule has 2 nitrogen and oxygen atoms in total. The molecule has 0 saturated heterocycles. The molecule has 0 fully saturated rings. The number of ketones is 2. The highest BCUT2D eigenvalue weighted by Crippen LogP contribution is 2.29. The molecule has 0 aliphatic heterocycles. The lowest BCUT2D eigenvalue weighted by Gasteiger charge is -2.18. The van der Waals surface area contributed by atoms with Gasteiger partial charge in [0.2, 0.25) is 0 Å². The van der Waals surface area contributed by atoms with Gasteiger partial charge in [-0.15, -0.1) is 0 Å². The third-order valence-electron chi connectivity index (χ3n) is 7.28. The molecule has 33 heavy (non-hydrogen) atoms. The fourth-order valence-electron chi connectivity index (χ4n) is 4.88. The molecule has 2 heteroatoms. The van der Waals surface area contributed by atoms with Gasteiger partial charge in [-0.25, -0.2) is 0 Å². The second kappa shape index (κ2) is 13.7. The predicted octanol–water partition coefficient (Wildman–Crippen LogP) is 9.16. The van der Waals surface area contributed by atoms with Crippen LogP contribution >= 0.6 is 0 Å². The van der Waals surface area contributed by atoms with Crippen LogP contribution in [0, 0.1) is 17.8 Å². The Morgan fingerprint density at radius 1 is 0.788 bits per heavy atom. The average molecular weight is 452 g/mol. The van der Waals surface area contributed by atoms with Crippen molar-refractivity contribution in [2.45, 2.75) is 106 Å². The van der Waals surface area contributed by atoms with E-state index in [-0.39, 0.29) is 11.6 Å². The zero-order valence-corrected chi connectivity index (χ0v) is 22.0. The van der Waals surface area contributed by atoms with Gasteiger partial charge in [0.25, 0.3) is 0 Å². The Morgan fingerprint density at radius 3 is 1.88 bits per heavy atom. The summed E-state index contributed by atoms with van der Waals surface area (Å²) in [6, 6.07) is 7.18. The molecule has 1 aromatic carbocycles. The Balaban J connectivity index is 1.71. The Morgan fingerprint density at radius 2 is 1.30 bits per heavy atom. The van der Waals surface area contributed by atoms with Crippen LogP contribution in [0.3, 0.4) is 0 Å². The lowest BCUT2D eigenvalue weighted by atomic mass is 9.85. The molecular weight excluding hydrogens is 405 g/mol. The van der Waals surface area contributed by atoms with Crippen LogP contribution in [0.2, 0.25) is 0 Å². The number of carbonyl (C=O) groups excluding carboxylic acids is 2. The van der Waals surface area contributed by atoms with Crippen molar-refractivity contribution in [3.63, 3.8) is 0 Å². The number of benzene rings is 1. The van der Waals surface area contributed by atoms with Crippen molar-refractivity contribution in [1.29, 1.82) is 0 Å². The zero-order chi connectivity index (χ0) is 24.4. The maximum absolute atomic E-state index is 12.9. The van der Waals surface area contributed by atoms with Gasteiger partial charge in [-0.05, 0) is 50.9 Å². The summed E-state index contributed by atoms with van der Waals surface area (Å²) in [4.78, 5) is 25.5. The molecule has 0 radical (unpaired) electrons. The van der Waals surface area contributed by atoms with Crippen molar-refractivity contribution in [2.24, 2.45) is 17.8 Å². The van der Waals surface area contributed by atoms with Gasteiger partial charge in [0.1, 0.15) is 0 Å². The van der Waals surface area contributed by atoms with E-state index in [1.54, 1.807) is 19.1 Å². The number of fused-ring (bicyclic) bond motifs is 1. The summed E-state index contributed by atoms with van der Waals surface area (Å²) in [6.45, 7) is 13.4. The summed E-state index contributed by atoms with van der Waals surface area (Å²) >= 11 is 0. The van der Waals surface area contributed by atoms with Gasteiger partial charge in [0.15, 0.2) is 11.6 Å². The molecule has 2 rings (SSSR count). The van der Waals surface area contributed by atoms with Crippen LogP contribution in [0.25, 0.3) is 0 Å². The van der Waals surface area contributed by atoms with Crippen molar-refractivity contribution >= 4 is 11.6 Å². The smallest absolute Gasteiger partial charge is 0.190 e. The largest absolute Gasteiger partial charge is 0.289 e. The number of hydrogen-bond donors (Lipinski definition) is 0. The molecule has 0 bridgehead atoms. The molecule has 0 N–H and O–H groups in total. The Kier molecular flexibility index (Phi) is 11.3. The number of Topliss-reactive ketones (excluding diaryl/α,β-unsaturated/α-hetero) is 2. The molecule has 0 saturated carbocycles. The summed E-state index contributed by atoms with van der Waals surface area (Å²) < 4.78 is 0. The zero-order valence-electron chi connectivity index (χ0n) is 22.0. The lowest BCUT2D eigenvalue weighted by molar-refractivity contribution is 0.0973. The number of hydrogen-bond acceptors (Lipinski definition) is 2. The standard InChI is InChI=1S/C31H46O2/c1-22(2)12-9-13-23(3)14-10-15-24(4)16-11-17-25(5)20-21-27-26(6)30(32)28-18-7-8-19-29(28)31(27)33/h7-8,18-20,22-24H,9-17,21H2,1-6H3/b25-20+/t23-,24-/m1/s1/i6+1. The third-order valence-corrected chi connectivity index (χ3v) is 7.28. The summed E-state index contributed by atoms with van der Waals surface area (Å²) in [5, 5.41) is 0. The van der Waals surface area contributed by atoms with Crippen molar-refractivity contribution in [1.82, 2.24) is 0 Å². The van der Waals surface area contributed by atoms with Crippen molar-refractivity contribution in [2.75, 3.05) is 0 Å². The molecule has 0 spiro atoms. The topological polar surface area (TPSA) is 34.1 Å². The first-order valence-corrected chi connectivity index (χ1v) is 13.2. The highest BCUT2D eigenvalue weighted by Gasteiger charge is 2.28. The summed E-state index contributed by atoms with van der Waals surface area (Å²) in [5.74, 6) is 2.48. The van der Waals surface area contributed by atoms with E-state index in [9.17, 15) is 9.59 Å². The van der Waals surface area contributed by atoms with E-state index in [0.29, 0.717) is 28.7 Å². The molecule has 0 unspecified atom stereocenters. The average Bonchev–Trinajstić information content (AvgIpc) is 2.77. The molecular formula is C31H46O2. The summed E-state index contributed by atoms with van der Waals surface area (Å²) in [5.41, 5.74) is 3.68. The quantitative estimate of drug-likeness (QED) is 0.209. The van der Waals surface area contributed by atoms with Gasteiger partial charge >= 0.3 is 0 Å². The van der Waals surface area contributed by atoms with E-state index in [1.807, 2.05) is 12.1 Å². The first-order valence-electron chi connectivity index (χ1n) is 13.2. The van der Waals surface area contributed by atoms with Gasteiger partial charge in [-0.2, -0.15) is 0 Å². The molecule has 0 aromatic heterocycles. The van der Waals surface area contributed by atoms with Crippen LogP contribution in [0.15, 0.2) is 47.1 Å².